The molecule has 0 saturated carbocycles. The van der Waals surface area contributed by atoms with Crippen LogP contribution in [0.3, 0.4) is 0 Å². The number of methoxy groups -OCH3 is 2. The maximum atomic E-state index is 12.4. The Hall–Kier alpha value is -2.55. The van der Waals surface area contributed by atoms with E-state index in [1.165, 1.54) is 31.4 Å². The lowest BCUT2D eigenvalue weighted by atomic mass is 10.1. The molecule has 27 heavy (non-hydrogen) atoms. The van der Waals surface area contributed by atoms with Crippen molar-refractivity contribution in [1.82, 2.24) is 5.32 Å². The molecule has 0 spiro atoms. The molecule has 0 aliphatic heterocycles. The van der Waals surface area contributed by atoms with Crippen LogP contribution in [0.25, 0.3) is 0 Å². The van der Waals surface area contributed by atoms with Gasteiger partial charge in [0.05, 0.1) is 14.2 Å². The van der Waals surface area contributed by atoms with Crippen molar-refractivity contribution >= 4 is 23.5 Å². The predicted molar refractivity (Wildman–Crippen MR) is 98.6 cm³/mol. The minimum atomic E-state index is -4.38. The first-order valence-electron chi connectivity index (χ1n) is 7.93. The molecule has 2 aromatic rings. The summed E-state index contributed by atoms with van der Waals surface area (Å²) in [6.45, 7) is 0.312. The fourth-order valence-electron chi connectivity index (χ4n) is 2.41. The fraction of sp³-hybridized carbons (Fsp3) is 0.278. The number of benzene rings is 2. The zero-order chi connectivity index (χ0) is 19.9. The summed E-state index contributed by atoms with van der Waals surface area (Å²) in [7, 11) is 3.08. The number of urea groups is 1. The van der Waals surface area contributed by atoms with Crippen LogP contribution in [0, 0.1) is 0 Å². The summed E-state index contributed by atoms with van der Waals surface area (Å²) in [6, 6.07) is 10.5. The van der Waals surface area contributed by atoms with Gasteiger partial charge in [0.15, 0.2) is 11.5 Å². The summed E-state index contributed by atoms with van der Waals surface area (Å²) in [5, 5.41) is 5.18. The van der Waals surface area contributed by atoms with Crippen LogP contribution in [-0.4, -0.2) is 32.3 Å². The molecule has 2 N–H and O–H groups in total. The number of nitrogens with one attached hydrogen (secondary N) is 2. The van der Waals surface area contributed by atoms with Crippen LogP contribution < -0.4 is 20.1 Å². The molecule has 146 valence electrons. The second kappa shape index (κ2) is 9.40. The zero-order valence-corrected chi connectivity index (χ0v) is 15.5. The van der Waals surface area contributed by atoms with Crippen LogP contribution in [-0.2, 0) is 6.42 Å². The van der Waals surface area contributed by atoms with Crippen LogP contribution in [0.15, 0.2) is 47.4 Å². The van der Waals surface area contributed by atoms with Gasteiger partial charge in [-0.2, -0.15) is 13.2 Å². The Labute approximate surface area is 159 Å². The monoisotopic (exact) mass is 400 g/mol. The van der Waals surface area contributed by atoms with E-state index in [4.69, 9.17) is 9.47 Å². The van der Waals surface area contributed by atoms with E-state index in [1.807, 2.05) is 12.1 Å². The second-order valence-corrected chi connectivity index (χ2v) is 6.50. The summed E-state index contributed by atoms with van der Waals surface area (Å²) in [4.78, 5) is 12.0. The number of thioether (sulfide) groups is 1. The number of halogens is 3. The maximum absolute atomic E-state index is 12.4. The molecule has 0 fully saturated rings. The average molecular weight is 400 g/mol. The summed E-state index contributed by atoms with van der Waals surface area (Å²) in [6.07, 6.45) is 0.498. The van der Waals surface area contributed by atoms with Gasteiger partial charge in [0.25, 0.3) is 0 Å². The normalized spacial score (nSPS) is 11.0. The van der Waals surface area contributed by atoms with E-state index in [-0.39, 0.29) is 22.3 Å². The van der Waals surface area contributed by atoms with E-state index in [9.17, 15) is 18.0 Å². The summed E-state index contributed by atoms with van der Waals surface area (Å²) < 4.78 is 47.8. The van der Waals surface area contributed by atoms with Crippen molar-refractivity contribution in [2.45, 2.75) is 16.8 Å². The van der Waals surface area contributed by atoms with Crippen molar-refractivity contribution < 1.29 is 27.4 Å². The zero-order valence-electron chi connectivity index (χ0n) is 14.7. The number of para-hydroxylation sites is 1. The highest BCUT2D eigenvalue weighted by molar-refractivity contribution is 8.00. The maximum Gasteiger partial charge on any atom is 0.446 e. The van der Waals surface area contributed by atoms with Crippen LogP contribution in [0.5, 0.6) is 11.5 Å². The first-order valence-corrected chi connectivity index (χ1v) is 8.74. The van der Waals surface area contributed by atoms with E-state index in [0.29, 0.717) is 24.5 Å². The van der Waals surface area contributed by atoms with Crippen molar-refractivity contribution in [3.8, 4) is 11.5 Å². The first kappa shape index (κ1) is 20.8. The van der Waals surface area contributed by atoms with Gasteiger partial charge in [0, 0.05) is 17.1 Å². The molecule has 0 bridgehead atoms. The number of rotatable bonds is 7. The number of hydrogen-bond donors (Lipinski definition) is 2. The van der Waals surface area contributed by atoms with Crippen molar-refractivity contribution in [2.24, 2.45) is 0 Å². The third-order valence-corrected chi connectivity index (χ3v) is 4.21. The minimum absolute atomic E-state index is 0.00131. The van der Waals surface area contributed by atoms with E-state index in [0.717, 1.165) is 5.56 Å². The smallest absolute Gasteiger partial charge is 0.446 e. The van der Waals surface area contributed by atoms with Crippen LogP contribution in [0.2, 0.25) is 0 Å². The largest absolute Gasteiger partial charge is 0.493 e. The number of ether oxygens (including phenoxy) is 2. The van der Waals surface area contributed by atoms with Gasteiger partial charge in [0.2, 0.25) is 0 Å². The van der Waals surface area contributed by atoms with E-state index >= 15 is 0 Å². The van der Waals surface area contributed by atoms with Crippen molar-refractivity contribution in [3.05, 3.63) is 48.0 Å². The van der Waals surface area contributed by atoms with Gasteiger partial charge < -0.3 is 20.1 Å². The molecule has 0 unspecified atom stereocenters. The Morgan fingerprint density at radius 1 is 1.11 bits per heavy atom. The third kappa shape index (κ3) is 6.59. The van der Waals surface area contributed by atoms with Crippen molar-refractivity contribution in [2.75, 3.05) is 26.1 Å². The molecule has 5 nitrogen and oxygen atoms in total. The topological polar surface area (TPSA) is 59.6 Å². The van der Waals surface area contributed by atoms with Gasteiger partial charge in [-0.1, -0.05) is 18.2 Å². The van der Waals surface area contributed by atoms with Gasteiger partial charge in [-0.05, 0) is 48.0 Å². The molecule has 0 radical (unpaired) electrons. The quantitative estimate of drug-likeness (QED) is 0.663. The van der Waals surface area contributed by atoms with Crippen LogP contribution >= 0.6 is 11.8 Å². The summed E-state index contributed by atoms with van der Waals surface area (Å²) in [5.41, 5.74) is -3.24. The summed E-state index contributed by atoms with van der Waals surface area (Å²) >= 11 is -0.233. The van der Waals surface area contributed by atoms with Gasteiger partial charge in [-0.15, -0.1) is 0 Å². The first-order chi connectivity index (χ1) is 12.8. The van der Waals surface area contributed by atoms with E-state index in [2.05, 4.69) is 10.6 Å². The van der Waals surface area contributed by atoms with Gasteiger partial charge in [-0.25, -0.2) is 4.79 Å². The predicted octanol–water partition coefficient (Wildman–Crippen LogP) is 4.68. The molecule has 2 aromatic carbocycles. The Morgan fingerprint density at radius 3 is 2.52 bits per heavy atom. The molecule has 0 aliphatic rings. The average Bonchev–Trinajstić information content (AvgIpc) is 2.60. The highest BCUT2D eigenvalue weighted by Crippen LogP contribution is 2.37. The Bertz CT molecular complexity index is 785. The molecular formula is C18H19F3N2O3S. The molecule has 0 atom stereocenters. The third-order valence-electron chi connectivity index (χ3n) is 3.49. The standard InChI is InChI=1S/C18H19F3N2O3S/c1-25-15-8-3-5-12(16(15)26-2)9-10-22-17(24)23-13-6-4-7-14(11-13)27-18(19,20)21/h3-8,11H,9-10H2,1-2H3,(H2,22,23,24). The number of carbonyl (C=O) groups excluding carboxylic acids is 1. The van der Waals surface area contributed by atoms with Crippen LogP contribution in [0.1, 0.15) is 5.56 Å². The number of alkyl halides is 3. The minimum Gasteiger partial charge on any atom is -0.493 e. The number of carbonyl (C=O) groups is 1. The molecule has 9 heteroatoms. The van der Waals surface area contributed by atoms with Crippen molar-refractivity contribution in [1.29, 1.82) is 0 Å². The Balaban J connectivity index is 1.89. The molecule has 0 aliphatic carbocycles. The molecule has 0 heterocycles. The lowest BCUT2D eigenvalue weighted by Crippen LogP contribution is -2.30. The van der Waals surface area contributed by atoms with Crippen molar-refractivity contribution in [3.63, 3.8) is 0 Å². The summed E-state index contributed by atoms with van der Waals surface area (Å²) in [5.74, 6) is 1.19. The lowest BCUT2D eigenvalue weighted by molar-refractivity contribution is -0.0328. The Morgan fingerprint density at radius 2 is 1.85 bits per heavy atom. The molecule has 0 aromatic heterocycles. The van der Waals surface area contributed by atoms with Gasteiger partial charge in [0.1, 0.15) is 0 Å². The molecule has 2 rings (SSSR count). The lowest BCUT2D eigenvalue weighted by Gasteiger charge is -2.13. The number of hydrogen-bond acceptors (Lipinski definition) is 4. The second-order valence-electron chi connectivity index (χ2n) is 5.36. The fourth-order valence-corrected chi connectivity index (χ4v) is 3.01. The SMILES string of the molecule is COc1cccc(CCNC(=O)Nc2cccc(SC(F)(F)F)c2)c1OC. The number of amides is 2. The highest BCUT2D eigenvalue weighted by atomic mass is 32.2. The van der Waals surface area contributed by atoms with Gasteiger partial charge in [-0.3, -0.25) is 0 Å². The Kier molecular flexibility index (Phi) is 7.23. The molecule has 2 amide bonds. The molecule has 0 saturated heterocycles. The van der Waals surface area contributed by atoms with E-state index < -0.39 is 11.5 Å². The van der Waals surface area contributed by atoms with Crippen LogP contribution in [0.4, 0.5) is 23.7 Å². The van der Waals surface area contributed by atoms with Gasteiger partial charge >= 0.3 is 11.5 Å². The van der Waals surface area contributed by atoms with E-state index in [1.54, 1.807) is 13.2 Å². The number of anilines is 1. The highest BCUT2D eigenvalue weighted by Gasteiger charge is 2.29. The molecular weight excluding hydrogens is 381 g/mol.